The molecule has 0 spiro atoms. The summed E-state index contributed by atoms with van der Waals surface area (Å²) in [6.45, 7) is 21.3. The third kappa shape index (κ3) is 12.0. The van der Waals surface area contributed by atoms with Crippen LogP contribution in [0.3, 0.4) is 0 Å². The molecule has 0 N–H and O–H groups in total. The normalized spacial score (nSPS) is 11.6. The van der Waals surface area contributed by atoms with Crippen molar-refractivity contribution in [2.24, 2.45) is 0 Å². The van der Waals surface area contributed by atoms with Crippen LogP contribution in [-0.2, 0) is 22.7 Å². The van der Waals surface area contributed by atoms with Crippen molar-refractivity contribution in [3.8, 4) is 57.4 Å². The predicted octanol–water partition coefficient (Wildman–Crippen LogP) is 13.2. The van der Waals surface area contributed by atoms with Gasteiger partial charge in [-0.3, -0.25) is 9.97 Å². The molecule has 0 bridgehead atoms. The highest BCUT2D eigenvalue weighted by molar-refractivity contribution is 6.90. The molecule has 5 heteroatoms. The van der Waals surface area contributed by atoms with Crippen molar-refractivity contribution >= 4 is 8.07 Å². The zero-order valence-electron chi connectivity index (χ0n) is 34.4. The molecular weight excluding hydrogens is 677 g/mol. The van der Waals surface area contributed by atoms with E-state index in [0.717, 1.165) is 82.0 Å². The number of terminal acetylenes is 1. The summed E-state index contributed by atoms with van der Waals surface area (Å²) in [5.41, 5.74) is 15.6. The fourth-order valence-corrected chi connectivity index (χ4v) is 13.0. The van der Waals surface area contributed by atoms with E-state index in [2.05, 4.69) is 115 Å². The van der Waals surface area contributed by atoms with Gasteiger partial charge in [0.25, 0.3) is 0 Å². The summed E-state index contributed by atoms with van der Waals surface area (Å²) in [6, 6.07) is 21.2. The molecule has 2 aromatic carbocycles. The Hall–Kier alpha value is -4.00. The van der Waals surface area contributed by atoms with Crippen LogP contribution in [0.5, 0.6) is 0 Å². The van der Waals surface area contributed by atoms with Crippen molar-refractivity contribution in [3.63, 3.8) is 0 Å². The second kappa shape index (κ2) is 21.8. The van der Waals surface area contributed by atoms with E-state index in [4.69, 9.17) is 25.9 Å². The topological polar surface area (TPSA) is 44.2 Å². The predicted molar refractivity (Wildman–Crippen MR) is 232 cm³/mol. The first-order chi connectivity index (χ1) is 26.1. The summed E-state index contributed by atoms with van der Waals surface area (Å²) in [5.74, 6) is 6.50. The average Bonchev–Trinajstić information content (AvgIpc) is 3.17. The van der Waals surface area contributed by atoms with Gasteiger partial charge in [-0.05, 0) is 100 Å². The Morgan fingerprint density at radius 3 is 1.44 bits per heavy atom. The third-order valence-electron chi connectivity index (χ3n) is 10.7. The number of hydrogen-bond acceptors (Lipinski definition) is 4. The van der Waals surface area contributed by atoms with E-state index in [1.54, 1.807) is 0 Å². The highest BCUT2D eigenvalue weighted by atomic mass is 28.3. The van der Waals surface area contributed by atoms with Crippen molar-refractivity contribution in [1.29, 1.82) is 0 Å². The molecule has 4 rings (SSSR count). The summed E-state index contributed by atoms with van der Waals surface area (Å²) in [6.07, 6.45) is 19.2. The van der Waals surface area contributed by atoms with Gasteiger partial charge in [0, 0.05) is 47.9 Å². The van der Waals surface area contributed by atoms with E-state index < -0.39 is 8.07 Å². The van der Waals surface area contributed by atoms with Crippen LogP contribution in [0.15, 0.2) is 73.1 Å². The molecule has 4 nitrogen and oxygen atoms in total. The first kappa shape index (κ1) is 42.7. The van der Waals surface area contributed by atoms with Crippen LogP contribution in [0.2, 0.25) is 16.6 Å². The number of rotatable bonds is 20. The lowest BCUT2D eigenvalue weighted by Crippen LogP contribution is -2.43. The van der Waals surface area contributed by atoms with Gasteiger partial charge in [-0.2, -0.15) is 0 Å². The van der Waals surface area contributed by atoms with E-state index in [9.17, 15) is 0 Å². The summed E-state index contributed by atoms with van der Waals surface area (Å²) >= 11 is 0. The van der Waals surface area contributed by atoms with Crippen molar-refractivity contribution in [2.75, 3.05) is 13.2 Å². The second-order valence-electron chi connectivity index (χ2n) is 15.7. The van der Waals surface area contributed by atoms with Gasteiger partial charge in [-0.25, -0.2) is 0 Å². The average molecular weight is 741 g/mol. The van der Waals surface area contributed by atoms with E-state index in [1.165, 1.54) is 38.5 Å². The Balaban J connectivity index is 1.56. The molecule has 0 fully saturated rings. The molecule has 0 unspecified atom stereocenters. The van der Waals surface area contributed by atoms with E-state index in [-0.39, 0.29) is 0 Å². The van der Waals surface area contributed by atoms with Crippen molar-refractivity contribution in [1.82, 2.24) is 9.97 Å². The zero-order chi connectivity index (χ0) is 38.9. The molecule has 54 heavy (non-hydrogen) atoms. The monoisotopic (exact) mass is 740 g/mol. The number of nitrogens with zero attached hydrogens (tertiary/aromatic N) is 2. The fourth-order valence-electron chi connectivity index (χ4n) is 7.73. The van der Waals surface area contributed by atoms with Gasteiger partial charge >= 0.3 is 0 Å². The lowest BCUT2D eigenvalue weighted by Gasteiger charge is -2.38. The molecular formula is C49H64N2O2Si. The summed E-state index contributed by atoms with van der Waals surface area (Å²) in [5, 5.41) is 0. The van der Waals surface area contributed by atoms with Crippen molar-refractivity contribution < 1.29 is 9.47 Å². The minimum atomic E-state index is -1.88. The first-order valence-corrected chi connectivity index (χ1v) is 22.7. The molecule has 286 valence electrons. The number of hydrogen-bond donors (Lipinski definition) is 0. The minimum Gasteiger partial charge on any atom is -0.377 e. The Bertz CT molecular complexity index is 1820. The van der Waals surface area contributed by atoms with Gasteiger partial charge in [0.2, 0.25) is 0 Å². The zero-order valence-corrected chi connectivity index (χ0v) is 35.4. The van der Waals surface area contributed by atoms with E-state index in [1.807, 2.05) is 30.6 Å². The summed E-state index contributed by atoms with van der Waals surface area (Å²) < 4.78 is 12.1. The number of aromatic nitrogens is 2. The molecule has 0 saturated carbocycles. The Kier molecular flexibility index (Phi) is 17.2. The largest absolute Gasteiger partial charge is 0.377 e. The minimum absolute atomic E-state index is 0.551. The molecule has 0 saturated heterocycles. The quantitative estimate of drug-likeness (QED) is 0.0514. The third-order valence-corrected chi connectivity index (χ3v) is 17.0. The maximum atomic E-state index is 6.16. The maximum Gasteiger partial charge on any atom is 0.146 e. The van der Waals surface area contributed by atoms with Gasteiger partial charge in [0.05, 0.1) is 24.6 Å². The molecule has 4 aromatic rings. The Morgan fingerprint density at radius 2 is 1.04 bits per heavy atom. The number of pyridine rings is 2. The van der Waals surface area contributed by atoms with Gasteiger partial charge in [-0.1, -0.05) is 118 Å². The molecule has 0 atom stereocenters. The molecule has 0 aliphatic rings. The number of benzene rings is 2. The van der Waals surface area contributed by atoms with Crippen molar-refractivity contribution in [2.45, 2.75) is 137 Å². The molecule has 0 radical (unpaired) electrons. The lowest BCUT2D eigenvalue weighted by molar-refractivity contribution is 0.117. The van der Waals surface area contributed by atoms with Gasteiger partial charge in [-0.15, -0.1) is 12.0 Å². The maximum absolute atomic E-state index is 6.16. The van der Waals surface area contributed by atoms with Crippen LogP contribution in [0.4, 0.5) is 0 Å². The molecule has 0 aliphatic heterocycles. The van der Waals surface area contributed by atoms with Crippen LogP contribution < -0.4 is 0 Å². The number of unbranched alkanes of at least 4 members (excludes halogenated alkanes) is 6. The first-order valence-electron chi connectivity index (χ1n) is 20.5. The molecule has 0 aliphatic carbocycles. The van der Waals surface area contributed by atoms with Crippen LogP contribution in [-0.4, -0.2) is 31.3 Å². The molecule has 2 aromatic heterocycles. The van der Waals surface area contributed by atoms with Gasteiger partial charge in [0.15, 0.2) is 0 Å². The smallest absolute Gasteiger partial charge is 0.146 e. The standard InChI is InChI=1S/C49H64N2O2Si/c1-10-13-15-17-24-52-35-42-27-40(12-3)29-46(31-42)44-19-21-48(50-33-44)49-22-20-45(34-51-49)47-30-41(23-26-54(37(4)5,38(6)7)39(8)9)28-43(32-47)36-53-25-18-16-14-11-2/h3,19-22,27-34,37-39H,10-11,13-18,24-25,35-36H2,1-2,4-9H3. The Morgan fingerprint density at radius 1 is 0.574 bits per heavy atom. The van der Waals surface area contributed by atoms with E-state index >= 15 is 0 Å². The Labute approximate surface area is 329 Å². The highest BCUT2D eigenvalue weighted by Gasteiger charge is 2.41. The highest BCUT2D eigenvalue weighted by Crippen LogP contribution is 2.41. The van der Waals surface area contributed by atoms with Gasteiger partial charge < -0.3 is 9.47 Å². The van der Waals surface area contributed by atoms with Crippen LogP contribution in [0.1, 0.15) is 129 Å². The second-order valence-corrected chi connectivity index (χ2v) is 21.3. The van der Waals surface area contributed by atoms with Crippen LogP contribution >= 0.6 is 0 Å². The molecule has 2 heterocycles. The summed E-state index contributed by atoms with van der Waals surface area (Å²) in [4.78, 5) is 9.70. The number of ether oxygens (including phenoxy) is 2. The molecule has 0 amide bonds. The van der Waals surface area contributed by atoms with Crippen molar-refractivity contribution in [3.05, 3.63) is 95.3 Å². The SMILES string of the molecule is C#Cc1cc(COCCCCCC)cc(-c2ccc(-c3ccc(-c4cc(C#C[Si](C(C)C)(C(C)C)C(C)C)cc(COCCCCCC)c4)cn3)nc2)c1. The fraction of sp³-hybridized carbons (Fsp3) is 0.469. The lowest BCUT2D eigenvalue weighted by atomic mass is 10.00. The van der Waals surface area contributed by atoms with Gasteiger partial charge in [0.1, 0.15) is 8.07 Å². The van der Waals surface area contributed by atoms with E-state index in [0.29, 0.717) is 29.8 Å². The van der Waals surface area contributed by atoms with Crippen LogP contribution in [0, 0.1) is 23.8 Å². The van der Waals surface area contributed by atoms with Crippen LogP contribution in [0.25, 0.3) is 33.6 Å². The summed E-state index contributed by atoms with van der Waals surface area (Å²) in [7, 11) is -1.88.